The molecule has 0 aliphatic carbocycles. The topological polar surface area (TPSA) is 84.0 Å². The van der Waals surface area contributed by atoms with Gasteiger partial charge in [-0.1, -0.05) is 35.4 Å². The van der Waals surface area contributed by atoms with E-state index < -0.39 is 6.09 Å². The number of aromatic nitrogens is 4. The van der Waals surface area contributed by atoms with Crippen molar-refractivity contribution in [1.29, 1.82) is 0 Å². The molecule has 0 atom stereocenters. The molecule has 0 unspecified atom stereocenters. The lowest BCUT2D eigenvalue weighted by Gasteiger charge is -2.12. The Morgan fingerprint density at radius 2 is 2.18 bits per heavy atom. The first-order valence-corrected chi connectivity index (χ1v) is 4.95. The van der Waals surface area contributed by atoms with Crippen LogP contribution >= 0.6 is 0 Å². The van der Waals surface area contributed by atoms with Crippen LogP contribution in [-0.4, -0.2) is 33.8 Å². The van der Waals surface area contributed by atoms with Crippen molar-refractivity contribution in [3.8, 4) is 0 Å². The summed E-state index contributed by atoms with van der Waals surface area (Å²) in [6.07, 6.45) is -0.532. The van der Waals surface area contributed by atoms with Crippen LogP contribution in [0.1, 0.15) is 5.56 Å². The highest BCUT2D eigenvalue weighted by atomic mass is 16.6. The Labute approximate surface area is 97.4 Å². The van der Waals surface area contributed by atoms with Gasteiger partial charge in [0.2, 0.25) is 0 Å². The maximum atomic E-state index is 11.6. The van der Waals surface area contributed by atoms with Crippen LogP contribution in [0.2, 0.25) is 0 Å². The van der Waals surface area contributed by atoms with Crippen molar-refractivity contribution >= 4 is 12.0 Å². The molecule has 0 aliphatic heterocycles. The second-order valence-electron chi connectivity index (χ2n) is 3.31. The standard InChI is InChI=1S/C10H11N5O2/c1-15(9-11-13-14-12-9)10(16)17-7-8-5-3-2-4-6-8/h2-6H,7H2,1H3,(H,11,12,13,14). The van der Waals surface area contributed by atoms with Gasteiger partial charge in [0, 0.05) is 7.05 Å². The molecule has 1 heterocycles. The first-order valence-electron chi connectivity index (χ1n) is 4.95. The van der Waals surface area contributed by atoms with E-state index in [1.54, 1.807) is 0 Å². The molecule has 2 rings (SSSR count). The number of anilines is 1. The van der Waals surface area contributed by atoms with E-state index in [2.05, 4.69) is 20.6 Å². The third-order valence-electron chi connectivity index (χ3n) is 2.11. The molecule has 0 saturated carbocycles. The second-order valence-corrected chi connectivity index (χ2v) is 3.31. The number of H-pyrrole nitrogens is 1. The third kappa shape index (κ3) is 2.77. The number of nitrogens with one attached hydrogen (secondary N) is 1. The van der Waals surface area contributed by atoms with Crippen LogP contribution in [0.5, 0.6) is 0 Å². The van der Waals surface area contributed by atoms with Crippen LogP contribution in [0, 0.1) is 0 Å². The Hall–Kier alpha value is -2.44. The maximum Gasteiger partial charge on any atom is 0.416 e. The first kappa shape index (κ1) is 11.1. The predicted octanol–water partition coefficient (Wildman–Crippen LogP) is 0.973. The summed E-state index contributed by atoms with van der Waals surface area (Å²) in [6.45, 7) is 0.210. The molecule has 0 aliphatic rings. The zero-order chi connectivity index (χ0) is 12.1. The number of aromatic amines is 1. The molecule has 2 aromatic rings. The lowest BCUT2D eigenvalue weighted by atomic mass is 10.2. The largest absolute Gasteiger partial charge is 0.444 e. The van der Waals surface area contributed by atoms with E-state index in [4.69, 9.17) is 4.74 Å². The molecule has 88 valence electrons. The van der Waals surface area contributed by atoms with Crippen molar-refractivity contribution in [3.05, 3.63) is 35.9 Å². The predicted molar refractivity (Wildman–Crippen MR) is 59.2 cm³/mol. The summed E-state index contributed by atoms with van der Waals surface area (Å²) >= 11 is 0. The average molecular weight is 233 g/mol. The number of carbonyl (C=O) groups is 1. The Morgan fingerprint density at radius 3 is 2.82 bits per heavy atom. The van der Waals surface area contributed by atoms with Crippen molar-refractivity contribution in [2.45, 2.75) is 6.61 Å². The quantitative estimate of drug-likeness (QED) is 0.854. The monoisotopic (exact) mass is 233 g/mol. The summed E-state index contributed by atoms with van der Waals surface area (Å²) < 4.78 is 5.08. The molecule has 7 heteroatoms. The van der Waals surface area contributed by atoms with E-state index >= 15 is 0 Å². The van der Waals surface area contributed by atoms with Crippen LogP contribution in [0.4, 0.5) is 10.7 Å². The van der Waals surface area contributed by atoms with Gasteiger partial charge in [0.05, 0.1) is 0 Å². The van der Waals surface area contributed by atoms with Gasteiger partial charge in [0.1, 0.15) is 6.61 Å². The van der Waals surface area contributed by atoms with Crippen molar-refractivity contribution in [3.63, 3.8) is 0 Å². The van der Waals surface area contributed by atoms with E-state index in [0.29, 0.717) is 0 Å². The first-order chi connectivity index (χ1) is 8.27. The van der Waals surface area contributed by atoms with Crippen molar-refractivity contribution in [2.75, 3.05) is 11.9 Å². The molecule has 1 aromatic heterocycles. The molecule has 1 N–H and O–H groups in total. The number of carbonyl (C=O) groups excluding carboxylic acids is 1. The maximum absolute atomic E-state index is 11.6. The highest BCUT2D eigenvalue weighted by Crippen LogP contribution is 2.05. The van der Waals surface area contributed by atoms with Gasteiger partial charge in [-0.05, 0) is 10.8 Å². The number of nitrogens with zero attached hydrogens (tertiary/aromatic N) is 4. The van der Waals surface area contributed by atoms with Crippen LogP contribution < -0.4 is 4.90 Å². The van der Waals surface area contributed by atoms with Crippen molar-refractivity contribution in [1.82, 2.24) is 20.6 Å². The van der Waals surface area contributed by atoms with Gasteiger partial charge in [-0.15, -0.1) is 5.10 Å². The van der Waals surface area contributed by atoms with E-state index in [-0.39, 0.29) is 12.6 Å². The minimum atomic E-state index is -0.532. The Morgan fingerprint density at radius 1 is 1.41 bits per heavy atom. The van der Waals surface area contributed by atoms with E-state index in [1.807, 2.05) is 30.3 Å². The molecule has 0 spiro atoms. The number of hydrogen-bond donors (Lipinski definition) is 1. The fourth-order valence-electron chi connectivity index (χ4n) is 1.20. The zero-order valence-electron chi connectivity index (χ0n) is 9.20. The lowest BCUT2D eigenvalue weighted by Crippen LogP contribution is -2.28. The van der Waals surface area contributed by atoms with E-state index in [9.17, 15) is 4.79 Å². The van der Waals surface area contributed by atoms with Crippen LogP contribution in [0.15, 0.2) is 30.3 Å². The summed E-state index contributed by atoms with van der Waals surface area (Å²) in [7, 11) is 1.51. The van der Waals surface area contributed by atoms with Gasteiger partial charge >= 0.3 is 6.09 Å². The average Bonchev–Trinajstić information content (AvgIpc) is 2.90. The summed E-state index contributed by atoms with van der Waals surface area (Å²) in [5, 5.41) is 13.0. The summed E-state index contributed by atoms with van der Waals surface area (Å²) in [4.78, 5) is 12.8. The van der Waals surface area contributed by atoms with Gasteiger partial charge in [0.15, 0.2) is 0 Å². The number of amides is 1. The van der Waals surface area contributed by atoms with Gasteiger partial charge in [0.25, 0.3) is 5.95 Å². The molecule has 0 fully saturated rings. The molecular weight excluding hydrogens is 222 g/mol. The fraction of sp³-hybridized carbons (Fsp3) is 0.200. The number of benzene rings is 1. The van der Waals surface area contributed by atoms with Gasteiger partial charge in [-0.3, -0.25) is 0 Å². The van der Waals surface area contributed by atoms with Crippen LogP contribution in [0.3, 0.4) is 0 Å². The molecule has 0 saturated heterocycles. The molecule has 17 heavy (non-hydrogen) atoms. The molecule has 7 nitrogen and oxygen atoms in total. The Balaban J connectivity index is 1.90. The van der Waals surface area contributed by atoms with Crippen molar-refractivity contribution < 1.29 is 9.53 Å². The minimum absolute atomic E-state index is 0.170. The summed E-state index contributed by atoms with van der Waals surface area (Å²) in [6, 6.07) is 9.41. The summed E-state index contributed by atoms with van der Waals surface area (Å²) in [5.41, 5.74) is 0.919. The van der Waals surface area contributed by atoms with E-state index in [0.717, 1.165) is 5.56 Å². The Kier molecular flexibility index (Phi) is 3.29. The van der Waals surface area contributed by atoms with Gasteiger partial charge in [-0.2, -0.15) is 5.21 Å². The fourth-order valence-corrected chi connectivity index (χ4v) is 1.20. The normalized spacial score (nSPS) is 9.94. The van der Waals surface area contributed by atoms with Gasteiger partial charge < -0.3 is 4.74 Å². The number of rotatable bonds is 3. The van der Waals surface area contributed by atoms with Crippen molar-refractivity contribution in [2.24, 2.45) is 0 Å². The molecular formula is C10H11N5O2. The molecule has 1 aromatic carbocycles. The number of tetrazole rings is 1. The third-order valence-corrected chi connectivity index (χ3v) is 2.11. The summed E-state index contributed by atoms with van der Waals surface area (Å²) in [5.74, 6) is 0.170. The SMILES string of the molecule is CN(C(=O)OCc1ccccc1)c1nn[nH]n1. The smallest absolute Gasteiger partial charge is 0.416 e. The highest BCUT2D eigenvalue weighted by molar-refractivity contribution is 5.84. The van der Waals surface area contributed by atoms with Crippen LogP contribution in [0.25, 0.3) is 0 Å². The lowest BCUT2D eigenvalue weighted by molar-refractivity contribution is 0.148. The number of hydrogen-bond acceptors (Lipinski definition) is 5. The van der Waals surface area contributed by atoms with Gasteiger partial charge in [-0.25, -0.2) is 9.69 Å². The van der Waals surface area contributed by atoms with E-state index in [1.165, 1.54) is 11.9 Å². The second kappa shape index (κ2) is 5.06. The molecule has 0 radical (unpaired) electrons. The highest BCUT2D eigenvalue weighted by Gasteiger charge is 2.15. The zero-order valence-corrected chi connectivity index (χ0v) is 9.20. The minimum Gasteiger partial charge on any atom is -0.444 e. The Bertz CT molecular complexity index is 471. The number of ether oxygens (including phenoxy) is 1. The molecule has 1 amide bonds. The van der Waals surface area contributed by atoms with Crippen LogP contribution in [-0.2, 0) is 11.3 Å². The molecule has 0 bridgehead atoms.